The van der Waals surface area contributed by atoms with E-state index in [9.17, 15) is 19.5 Å². The number of rotatable bonds is 3. The molecule has 1 N–H and O–H groups in total. The zero-order chi connectivity index (χ0) is 17.6. The van der Waals surface area contributed by atoms with Gasteiger partial charge < -0.3 is 19.3 Å². The molecule has 1 spiro atoms. The van der Waals surface area contributed by atoms with Crippen LogP contribution < -0.4 is 0 Å². The number of amides is 2. The van der Waals surface area contributed by atoms with E-state index in [2.05, 4.69) is 0 Å². The van der Waals surface area contributed by atoms with Crippen LogP contribution in [0.5, 0.6) is 0 Å². The third-order valence-electron chi connectivity index (χ3n) is 5.85. The summed E-state index contributed by atoms with van der Waals surface area (Å²) in [5.41, 5.74) is -0.217. The lowest BCUT2D eigenvalue weighted by atomic mass is 9.76. The Kier molecular flexibility index (Phi) is 3.81. The van der Waals surface area contributed by atoms with Crippen LogP contribution in [-0.2, 0) is 9.59 Å². The Bertz CT molecular complexity index is 686. The van der Waals surface area contributed by atoms with E-state index in [0.29, 0.717) is 26.1 Å². The van der Waals surface area contributed by atoms with Crippen LogP contribution in [0.2, 0.25) is 0 Å². The number of furan rings is 1. The maximum Gasteiger partial charge on any atom is 0.326 e. The summed E-state index contributed by atoms with van der Waals surface area (Å²) >= 11 is 0. The zero-order valence-electron chi connectivity index (χ0n) is 14.0. The van der Waals surface area contributed by atoms with Gasteiger partial charge >= 0.3 is 5.97 Å². The lowest BCUT2D eigenvalue weighted by Crippen LogP contribution is -2.45. The van der Waals surface area contributed by atoms with Crippen molar-refractivity contribution >= 4 is 17.8 Å². The van der Waals surface area contributed by atoms with Crippen molar-refractivity contribution in [1.82, 2.24) is 9.80 Å². The largest absolute Gasteiger partial charge is 0.480 e. The van der Waals surface area contributed by atoms with E-state index < -0.39 is 12.0 Å². The number of hydrogen-bond donors (Lipinski definition) is 1. The van der Waals surface area contributed by atoms with Gasteiger partial charge in [0.15, 0.2) is 5.76 Å². The molecule has 2 saturated heterocycles. The molecule has 25 heavy (non-hydrogen) atoms. The minimum absolute atomic E-state index is 0.171. The van der Waals surface area contributed by atoms with Crippen molar-refractivity contribution in [3.05, 3.63) is 24.2 Å². The van der Waals surface area contributed by atoms with Crippen molar-refractivity contribution in [3.8, 4) is 0 Å². The average Bonchev–Trinajstić information content (AvgIpc) is 3.17. The fourth-order valence-electron chi connectivity index (χ4n) is 4.18. The number of carboxylic acids is 1. The van der Waals surface area contributed by atoms with Gasteiger partial charge in [0.25, 0.3) is 5.91 Å². The summed E-state index contributed by atoms with van der Waals surface area (Å²) in [6.07, 6.45) is 5.34. The molecule has 134 valence electrons. The first kappa shape index (κ1) is 16.2. The zero-order valence-corrected chi connectivity index (χ0v) is 14.0. The Balaban J connectivity index is 1.47. The molecule has 2 amide bonds. The Morgan fingerprint density at radius 3 is 2.48 bits per heavy atom. The molecule has 7 nitrogen and oxygen atoms in total. The predicted octanol–water partition coefficient (Wildman–Crippen LogP) is 1.60. The molecule has 0 radical (unpaired) electrons. The van der Waals surface area contributed by atoms with Crippen LogP contribution in [0, 0.1) is 11.3 Å². The van der Waals surface area contributed by atoms with Crippen molar-refractivity contribution in [3.63, 3.8) is 0 Å². The molecule has 0 bridgehead atoms. The fourth-order valence-corrected chi connectivity index (χ4v) is 4.18. The van der Waals surface area contributed by atoms with Gasteiger partial charge in [-0.15, -0.1) is 0 Å². The Labute approximate surface area is 145 Å². The lowest BCUT2D eigenvalue weighted by Gasteiger charge is -2.39. The van der Waals surface area contributed by atoms with E-state index in [1.807, 2.05) is 4.90 Å². The minimum Gasteiger partial charge on any atom is -0.480 e. The normalized spacial score (nSPS) is 25.4. The molecule has 1 aliphatic carbocycles. The molecule has 1 atom stereocenters. The molecule has 1 aromatic rings. The summed E-state index contributed by atoms with van der Waals surface area (Å²) < 4.78 is 5.16. The van der Waals surface area contributed by atoms with Gasteiger partial charge in [0.1, 0.15) is 6.04 Å². The van der Waals surface area contributed by atoms with Gasteiger partial charge in [0.2, 0.25) is 5.91 Å². The van der Waals surface area contributed by atoms with Gasteiger partial charge in [-0.1, -0.05) is 0 Å². The van der Waals surface area contributed by atoms with Gasteiger partial charge in [-0.3, -0.25) is 9.59 Å². The first-order valence-corrected chi connectivity index (χ1v) is 8.85. The Morgan fingerprint density at radius 1 is 1.20 bits per heavy atom. The number of carbonyl (C=O) groups excluding carboxylic acids is 2. The van der Waals surface area contributed by atoms with E-state index in [1.54, 1.807) is 12.1 Å². The summed E-state index contributed by atoms with van der Waals surface area (Å²) in [5.74, 6) is -0.726. The van der Waals surface area contributed by atoms with Crippen LogP contribution in [0.4, 0.5) is 0 Å². The van der Waals surface area contributed by atoms with Crippen molar-refractivity contribution < 1.29 is 23.9 Å². The van der Waals surface area contributed by atoms with E-state index in [0.717, 1.165) is 25.7 Å². The van der Waals surface area contributed by atoms with Crippen LogP contribution in [0.15, 0.2) is 22.8 Å². The summed E-state index contributed by atoms with van der Waals surface area (Å²) in [6.45, 7) is 1.73. The second kappa shape index (κ2) is 5.89. The topological polar surface area (TPSA) is 91.1 Å². The highest BCUT2D eigenvalue weighted by Crippen LogP contribution is 2.44. The Morgan fingerprint density at radius 2 is 1.92 bits per heavy atom. The Hall–Kier alpha value is -2.31. The minimum atomic E-state index is -0.978. The molecule has 4 rings (SSSR count). The summed E-state index contributed by atoms with van der Waals surface area (Å²) in [6, 6.07) is 2.35. The first-order valence-electron chi connectivity index (χ1n) is 8.85. The van der Waals surface area contributed by atoms with Gasteiger partial charge in [-0.05, 0) is 49.7 Å². The monoisotopic (exact) mass is 346 g/mol. The van der Waals surface area contributed by atoms with Crippen molar-refractivity contribution in [2.24, 2.45) is 11.3 Å². The molecule has 1 saturated carbocycles. The van der Waals surface area contributed by atoms with Crippen LogP contribution in [0.25, 0.3) is 0 Å². The number of hydrogen-bond acceptors (Lipinski definition) is 4. The second-order valence-electron chi connectivity index (χ2n) is 7.57. The summed E-state index contributed by atoms with van der Waals surface area (Å²) in [7, 11) is 0. The van der Waals surface area contributed by atoms with E-state index in [-0.39, 0.29) is 28.9 Å². The lowest BCUT2D eigenvalue weighted by molar-refractivity contribution is -0.141. The van der Waals surface area contributed by atoms with Gasteiger partial charge in [0, 0.05) is 25.6 Å². The quantitative estimate of drug-likeness (QED) is 0.898. The highest BCUT2D eigenvalue weighted by Gasteiger charge is 2.51. The fraction of sp³-hybridized carbons (Fsp3) is 0.611. The number of piperidine rings is 1. The smallest absolute Gasteiger partial charge is 0.326 e. The number of aliphatic carboxylic acids is 1. The SMILES string of the molecule is O=C(O)[C@@H]1CC2(CCN(C(=O)C3CC3)CC2)CN1C(=O)c1ccco1. The first-order chi connectivity index (χ1) is 12.0. The average molecular weight is 346 g/mol. The highest BCUT2D eigenvalue weighted by molar-refractivity contribution is 5.94. The van der Waals surface area contributed by atoms with E-state index in [4.69, 9.17) is 4.42 Å². The summed E-state index contributed by atoms with van der Waals surface area (Å²) in [5, 5.41) is 9.58. The van der Waals surface area contributed by atoms with Gasteiger partial charge in [-0.25, -0.2) is 4.79 Å². The van der Waals surface area contributed by atoms with Crippen molar-refractivity contribution in [2.45, 2.75) is 38.1 Å². The molecule has 0 unspecified atom stereocenters. The summed E-state index contributed by atoms with van der Waals surface area (Å²) in [4.78, 5) is 39.9. The number of carbonyl (C=O) groups is 3. The molecule has 3 fully saturated rings. The van der Waals surface area contributed by atoms with Crippen molar-refractivity contribution in [2.75, 3.05) is 19.6 Å². The van der Waals surface area contributed by atoms with Crippen molar-refractivity contribution in [1.29, 1.82) is 0 Å². The molecular formula is C18H22N2O5. The molecule has 0 aromatic carbocycles. The number of nitrogens with zero attached hydrogens (tertiary/aromatic N) is 2. The molecule has 3 aliphatic rings. The number of likely N-dealkylation sites (tertiary alicyclic amines) is 2. The van der Waals surface area contributed by atoms with Crippen LogP contribution >= 0.6 is 0 Å². The predicted molar refractivity (Wildman–Crippen MR) is 86.8 cm³/mol. The van der Waals surface area contributed by atoms with Gasteiger partial charge in [0.05, 0.1) is 6.26 Å². The highest BCUT2D eigenvalue weighted by atomic mass is 16.4. The van der Waals surface area contributed by atoms with E-state index in [1.165, 1.54) is 11.2 Å². The maximum atomic E-state index is 12.6. The third-order valence-corrected chi connectivity index (χ3v) is 5.85. The van der Waals surface area contributed by atoms with Crippen LogP contribution in [-0.4, -0.2) is 58.4 Å². The molecule has 3 heterocycles. The van der Waals surface area contributed by atoms with E-state index >= 15 is 0 Å². The van der Waals surface area contributed by atoms with Gasteiger partial charge in [-0.2, -0.15) is 0 Å². The molecule has 1 aromatic heterocycles. The molecule has 7 heteroatoms. The van der Waals surface area contributed by atoms with Crippen LogP contribution in [0.3, 0.4) is 0 Å². The molecule has 2 aliphatic heterocycles. The third kappa shape index (κ3) is 2.92. The van der Waals surface area contributed by atoms with Crippen LogP contribution in [0.1, 0.15) is 42.7 Å². The molecular weight excluding hydrogens is 324 g/mol. The number of carboxylic acid groups (broad SMARTS) is 1. The standard InChI is InChI=1S/C18H22N2O5/c21-15(12-3-4-12)19-7-5-18(6-8-19)10-13(17(23)24)20(11-18)16(22)14-2-1-9-25-14/h1-2,9,12-13H,3-8,10-11H2,(H,23,24)/t13-/m0/s1. The second-order valence-corrected chi connectivity index (χ2v) is 7.57. The maximum absolute atomic E-state index is 12.6.